The molecular formula is C30H31F5N8O. The molecule has 4 atom stereocenters. The van der Waals surface area contributed by atoms with E-state index in [-0.39, 0.29) is 46.6 Å². The molecule has 8 rings (SSSR count). The molecule has 2 N–H and O–H groups in total. The molecule has 4 fully saturated rings. The Morgan fingerprint density at radius 1 is 1.09 bits per heavy atom. The highest BCUT2D eigenvalue weighted by Crippen LogP contribution is 2.45. The number of piperazine rings is 1. The molecule has 0 radical (unpaired) electrons. The lowest BCUT2D eigenvalue weighted by Crippen LogP contribution is -2.51. The summed E-state index contributed by atoms with van der Waals surface area (Å²) >= 11 is 0. The molecule has 4 aromatic rings. The van der Waals surface area contributed by atoms with Gasteiger partial charge < -0.3 is 15.0 Å². The summed E-state index contributed by atoms with van der Waals surface area (Å²) in [6, 6.07) is 1.73. The van der Waals surface area contributed by atoms with Crippen molar-refractivity contribution in [1.82, 2.24) is 35.4 Å². The first-order valence-electron chi connectivity index (χ1n) is 15.0. The monoisotopic (exact) mass is 614 g/mol. The van der Waals surface area contributed by atoms with Gasteiger partial charge in [0.05, 0.1) is 28.2 Å². The van der Waals surface area contributed by atoms with Crippen molar-refractivity contribution >= 4 is 27.6 Å². The molecule has 3 aromatic heterocycles. The summed E-state index contributed by atoms with van der Waals surface area (Å²) < 4.78 is 80.6. The van der Waals surface area contributed by atoms with E-state index in [1.54, 1.807) is 0 Å². The average molecular weight is 615 g/mol. The maximum atomic E-state index is 16.7. The zero-order valence-corrected chi connectivity index (χ0v) is 24.0. The van der Waals surface area contributed by atoms with Crippen LogP contribution in [0.5, 0.6) is 6.01 Å². The molecule has 4 aliphatic rings. The van der Waals surface area contributed by atoms with E-state index in [9.17, 15) is 17.6 Å². The number of aromatic nitrogens is 5. The quantitative estimate of drug-likeness (QED) is 0.306. The number of anilines is 1. The van der Waals surface area contributed by atoms with E-state index >= 15 is 4.39 Å². The van der Waals surface area contributed by atoms with E-state index in [2.05, 4.69) is 30.4 Å². The van der Waals surface area contributed by atoms with E-state index in [0.717, 1.165) is 32.2 Å². The Balaban J connectivity index is 1.28. The van der Waals surface area contributed by atoms with Crippen molar-refractivity contribution in [3.8, 4) is 17.3 Å². The van der Waals surface area contributed by atoms with Crippen molar-refractivity contribution in [3.05, 3.63) is 35.4 Å². The van der Waals surface area contributed by atoms with Crippen molar-refractivity contribution in [2.75, 3.05) is 37.7 Å². The smallest absolute Gasteiger partial charge is 0.417 e. The van der Waals surface area contributed by atoms with Gasteiger partial charge in [-0.1, -0.05) is 0 Å². The van der Waals surface area contributed by atoms with Gasteiger partial charge in [0, 0.05) is 55.3 Å². The Bertz CT molecular complexity index is 1770. The molecule has 4 aliphatic heterocycles. The number of benzene rings is 1. The third kappa shape index (κ3) is 4.39. The van der Waals surface area contributed by atoms with E-state index < -0.39 is 40.5 Å². The SMILES string of the molecule is Cc1cc2[nH]ncc2c(-c2ncc3c(N4CC5CCC(C4)N5)nc(OCC45CCCN4C[C@H](F)C5)nc3c2F)c1C(F)(F)F. The first-order chi connectivity index (χ1) is 21.1. The first kappa shape index (κ1) is 27.9. The van der Waals surface area contributed by atoms with E-state index in [4.69, 9.17) is 9.72 Å². The molecule has 0 saturated carbocycles. The number of H-pyrrole nitrogens is 1. The third-order valence-corrected chi connectivity index (χ3v) is 9.85. The van der Waals surface area contributed by atoms with E-state index in [1.165, 1.54) is 25.4 Å². The van der Waals surface area contributed by atoms with Crippen LogP contribution in [0.4, 0.5) is 27.8 Å². The number of aryl methyl sites for hydroxylation is 1. The minimum Gasteiger partial charge on any atom is -0.461 e. The Labute approximate surface area is 249 Å². The zero-order valence-electron chi connectivity index (χ0n) is 24.0. The highest BCUT2D eigenvalue weighted by atomic mass is 19.4. The maximum absolute atomic E-state index is 16.7. The second-order valence-corrected chi connectivity index (χ2v) is 12.7. The topological polar surface area (TPSA) is 95.1 Å². The lowest BCUT2D eigenvalue weighted by Gasteiger charge is -2.34. The van der Waals surface area contributed by atoms with Gasteiger partial charge in [-0.2, -0.15) is 28.2 Å². The van der Waals surface area contributed by atoms with Crippen LogP contribution in [0.3, 0.4) is 0 Å². The van der Waals surface area contributed by atoms with Gasteiger partial charge in [-0.25, -0.2) is 8.78 Å². The molecule has 0 aliphatic carbocycles. The number of rotatable bonds is 5. The van der Waals surface area contributed by atoms with Crippen LogP contribution < -0.4 is 15.0 Å². The number of fused-ring (bicyclic) bond motifs is 5. The second-order valence-electron chi connectivity index (χ2n) is 12.7. The molecule has 14 heteroatoms. The zero-order chi connectivity index (χ0) is 30.4. The van der Waals surface area contributed by atoms with Crippen LogP contribution in [0.25, 0.3) is 33.1 Å². The Morgan fingerprint density at radius 2 is 1.89 bits per heavy atom. The van der Waals surface area contributed by atoms with Crippen molar-refractivity contribution in [2.45, 2.75) is 69.0 Å². The standard InChI is InChI=1S/C30H31F5N8O/c1-15-7-21-19(10-37-41-21)22(23(15)30(33,34)35)26-24(32)25-20(9-36-26)27(42-12-17-3-4-18(13-42)38-17)40-28(39-25)44-14-29-5-2-6-43(29)11-16(31)8-29/h7,9-10,16-18,38H,2-6,8,11-14H2,1H3,(H,37,41)/t16-,17?,18?,29?/m1/s1. The molecule has 44 heavy (non-hydrogen) atoms. The normalized spacial score (nSPS) is 27.1. The number of aromatic amines is 1. The van der Waals surface area contributed by atoms with Crippen molar-refractivity contribution in [2.24, 2.45) is 0 Å². The molecular weight excluding hydrogens is 583 g/mol. The van der Waals surface area contributed by atoms with Gasteiger partial charge in [-0.05, 0) is 50.8 Å². The van der Waals surface area contributed by atoms with Crippen LogP contribution in [0, 0.1) is 12.7 Å². The Morgan fingerprint density at radius 3 is 2.66 bits per heavy atom. The van der Waals surface area contributed by atoms with Gasteiger partial charge in [-0.3, -0.25) is 15.0 Å². The molecule has 7 heterocycles. The molecule has 232 valence electrons. The number of pyridine rings is 1. The number of nitrogens with one attached hydrogen (secondary N) is 2. The molecule has 4 saturated heterocycles. The highest BCUT2D eigenvalue weighted by molar-refractivity contribution is 5.99. The van der Waals surface area contributed by atoms with Gasteiger partial charge in [-0.15, -0.1) is 0 Å². The second kappa shape index (κ2) is 9.93. The van der Waals surface area contributed by atoms with Crippen molar-refractivity contribution < 1.29 is 26.7 Å². The molecule has 2 bridgehead atoms. The lowest BCUT2D eigenvalue weighted by molar-refractivity contribution is -0.137. The van der Waals surface area contributed by atoms with Gasteiger partial charge >= 0.3 is 12.2 Å². The summed E-state index contributed by atoms with van der Waals surface area (Å²) in [4.78, 5) is 17.6. The fourth-order valence-corrected chi connectivity index (χ4v) is 7.96. The summed E-state index contributed by atoms with van der Waals surface area (Å²) in [6.45, 7) is 3.84. The molecule has 0 spiro atoms. The van der Waals surface area contributed by atoms with Crippen LogP contribution in [0.1, 0.15) is 43.2 Å². The van der Waals surface area contributed by atoms with Crippen LogP contribution in [-0.2, 0) is 6.18 Å². The molecule has 3 unspecified atom stereocenters. The number of nitrogens with zero attached hydrogens (tertiary/aromatic N) is 6. The number of alkyl halides is 4. The average Bonchev–Trinajstić information content (AvgIpc) is 3.74. The van der Waals surface area contributed by atoms with Crippen LogP contribution in [-0.4, -0.2) is 86.6 Å². The van der Waals surface area contributed by atoms with Gasteiger partial charge in [0.2, 0.25) is 0 Å². The largest absolute Gasteiger partial charge is 0.461 e. The lowest BCUT2D eigenvalue weighted by atomic mass is 9.94. The number of hydrogen-bond donors (Lipinski definition) is 2. The molecule has 9 nitrogen and oxygen atoms in total. The maximum Gasteiger partial charge on any atom is 0.417 e. The van der Waals surface area contributed by atoms with Gasteiger partial charge in [0.1, 0.15) is 29.8 Å². The highest BCUT2D eigenvalue weighted by Gasteiger charge is 2.49. The van der Waals surface area contributed by atoms with Gasteiger partial charge in [0.25, 0.3) is 0 Å². The molecule has 0 amide bonds. The van der Waals surface area contributed by atoms with Crippen molar-refractivity contribution in [1.29, 1.82) is 0 Å². The third-order valence-electron chi connectivity index (χ3n) is 9.85. The first-order valence-corrected chi connectivity index (χ1v) is 15.0. The minimum absolute atomic E-state index is 0.0858. The van der Waals surface area contributed by atoms with E-state index in [0.29, 0.717) is 37.4 Å². The predicted octanol–water partition coefficient (Wildman–Crippen LogP) is 4.93. The number of halogens is 5. The minimum atomic E-state index is -4.78. The van der Waals surface area contributed by atoms with Crippen LogP contribution in [0.15, 0.2) is 18.5 Å². The fraction of sp³-hybridized carbons (Fsp3) is 0.533. The number of hydrogen-bond acceptors (Lipinski definition) is 8. The summed E-state index contributed by atoms with van der Waals surface area (Å²) in [5.74, 6) is -0.580. The van der Waals surface area contributed by atoms with E-state index in [1.807, 2.05) is 4.90 Å². The Kier molecular flexibility index (Phi) is 6.29. The predicted molar refractivity (Wildman–Crippen MR) is 153 cm³/mol. The van der Waals surface area contributed by atoms with Crippen molar-refractivity contribution in [3.63, 3.8) is 0 Å². The summed E-state index contributed by atoms with van der Waals surface area (Å²) in [5.41, 5.74) is -2.27. The van der Waals surface area contributed by atoms with Gasteiger partial charge in [0.15, 0.2) is 5.82 Å². The van der Waals surface area contributed by atoms with Crippen LogP contribution in [0.2, 0.25) is 0 Å². The van der Waals surface area contributed by atoms with Crippen LogP contribution >= 0.6 is 0 Å². The fourth-order valence-electron chi connectivity index (χ4n) is 7.96. The summed E-state index contributed by atoms with van der Waals surface area (Å²) in [6.07, 6.45) is 0.904. The summed E-state index contributed by atoms with van der Waals surface area (Å²) in [5, 5.41) is 10.6. The number of ether oxygens (including phenoxy) is 1. The summed E-state index contributed by atoms with van der Waals surface area (Å²) in [7, 11) is 0. The Hall–Kier alpha value is -3.65. The molecule has 1 aromatic carbocycles.